The van der Waals surface area contributed by atoms with Crippen LogP contribution in [0.5, 0.6) is 0 Å². The highest BCUT2D eigenvalue weighted by atomic mass is 19.1. The molecule has 4 rings (SSSR count). The lowest BCUT2D eigenvalue weighted by Crippen LogP contribution is -2.17. The summed E-state index contributed by atoms with van der Waals surface area (Å²) in [5.74, 6) is 0.0577. The Morgan fingerprint density at radius 2 is 1.67 bits per heavy atom. The van der Waals surface area contributed by atoms with E-state index < -0.39 is 11.7 Å². The first-order valence-corrected chi connectivity index (χ1v) is 12.9. The SMILES string of the molecule is Cc1nc2ccc(-c3nc(Nc4ccc(NC(=O)CCCCCC(=O)NO)cc4)ncc3F)cc2n1C(C)C. The largest absolute Gasteiger partial charge is 0.326 e. The van der Waals surface area contributed by atoms with Crippen LogP contribution in [0.15, 0.2) is 48.7 Å². The number of hydroxylamine groups is 1. The number of carbonyl (C=O) groups excluding carboxylic acids is 2. The van der Waals surface area contributed by atoms with Crippen LogP contribution in [-0.4, -0.2) is 36.5 Å². The summed E-state index contributed by atoms with van der Waals surface area (Å²) < 4.78 is 16.9. The molecule has 2 aromatic carbocycles. The molecule has 0 fully saturated rings. The molecular weight excluding hydrogens is 501 g/mol. The van der Waals surface area contributed by atoms with Crippen molar-refractivity contribution in [3.8, 4) is 11.3 Å². The summed E-state index contributed by atoms with van der Waals surface area (Å²) in [6.45, 7) is 6.11. The molecule has 0 unspecified atom stereocenters. The number of nitrogens with one attached hydrogen (secondary N) is 3. The predicted molar refractivity (Wildman–Crippen MR) is 147 cm³/mol. The van der Waals surface area contributed by atoms with Crippen molar-refractivity contribution in [3.05, 3.63) is 60.3 Å². The number of carbonyl (C=O) groups is 2. The van der Waals surface area contributed by atoms with E-state index in [0.29, 0.717) is 42.6 Å². The van der Waals surface area contributed by atoms with Crippen LogP contribution < -0.4 is 16.1 Å². The molecule has 0 bridgehead atoms. The van der Waals surface area contributed by atoms with Crippen LogP contribution in [-0.2, 0) is 9.59 Å². The van der Waals surface area contributed by atoms with E-state index in [4.69, 9.17) is 5.21 Å². The van der Waals surface area contributed by atoms with Crippen LogP contribution in [0.1, 0.15) is 57.8 Å². The molecule has 39 heavy (non-hydrogen) atoms. The molecule has 0 aliphatic carbocycles. The van der Waals surface area contributed by atoms with Gasteiger partial charge in [0, 0.05) is 35.8 Å². The summed E-state index contributed by atoms with van der Waals surface area (Å²) in [6, 6.07) is 12.8. The van der Waals surface area contributed by atoms with E-state index in [2.05, 4.69) is 44.0 Å². The molecule has 2 amide bonds. The number of hydrogen-bond donors (Lipinski definition) is 4. The minimum absolute atomic E-state index is 0.125. The molecule has 4 N–H and O–H groups in total. The van der Waals surface area contributed by atoms with Crippen molar-refractivity contribution >= 4 is 40.2 Å². The third kappa shape index (κ3) is 6.94. The third-order valence-corrected chi connectivity index (χ3v) is 6.26. The van der Waals surface area contributed by atoms with Crippen molar-refractivity contribution in [1.29, 1.82) is 0 Å². The fourth-order valence-corrected chi connectivity index (χ4v) is 4.44. The number of imidazole rings is 1. The number of aryl methyl sites for hydroxylation is 1. The smallest absolute Gasteiger partial charge is 0.243 e. The van der Waals surface area contributed by atoms with Gasteiger partial charge in [-0.05, 0) is 70.0 Å². The highest BCUT2D eigenvalue weighted by Crippen LogP contribution is 2.28. The maximum atomic E-state index is 14.8. The van der Waals surface area contributed by atoms with Crippen molar-refractivity contribution in [3.63, 3.8) is 0 Å². The Kier molecular flexibility index (Phi) is 8.82. The molecule has 0 saturated heterocycles. The van der Waals surface area contributed by atoms with Crippen molar-refractivity contribution in [2.45, 2.75) is 58.9 Å². The van der Waals surface area contributed by atoms with Gasteiger partial charge in [0.05, 0.1) is 17.2 Å². The van der Waals surface area contributed by atoms with E-state index in [1.165, 1.54) is 0 Å². The fraction of sp³-hybridized carbons (Fsp3) is 0.321. The second-order valence-electron chi connectivity index (χ2n) is 9.56. The van der Waals surface area contributed by atoms with Gasteiger partial charge in [0.25, 0.3) is 0 Å². The van der Waals surface area contributed by atoms with Gasteiger partial charge < -0.3 is 15.2 Å². The minimum atomic E-state index is -0.526. The van der Waals surface area contributed by atoms with E-state index in [0.717, 1.165) is 23.1 Å². The second kappa shape index (κ2) is 12.4. The summed E-state index contributed by atoms with van der Waals surface area (Å²) in [5.41, 5.74) is 5.48. The van der Waals surface area contributed by atoms with Crippen LogP contribution in [0.3, 0.4) is 0 Å². The van der Waals surface area contributed by atoms with Crippen molar-refractivity contribution in [2.75, 3.05) is 10.6 Å². The summed E-state index contributed by atoms with van der Waals surface area (Å²) >= 11 is 0. The zero-order valence-electron chi connectivity index (χ0n) is 22.2. The van der Waals surface area contributed by atoms with Gasteiger partial charge in [-0.2, -0.15) is 0 Å². The van der Waals surface area contributed by atoms with Gasteiger partial charge in [0.2, 0.25) is 17.8 Å². The summed E-state index contributed by atoms with van der Waals surface area (Å²) in [4.78, 5) is 36.3. The molecule has 0 spiro atoms. The zero-order valence-corrected chi connectivity index (χ0v) is 22.2. The number of rotatable bonds is 11. The van der Waals surface area contributed by atoms with Gasteiger partial charge in [-0.25, -0.2) is 24.8 Å². The van der Waals surface area contributed by atoms with E-state index >= 15 is 0 Å². The Balaban J connectivity index is 1.39. The Bertz CT molecular complexity index is 1470. The Hall–Kier alpha value is -4.38. The van der Waals surface area contributed by atoms with Crippen LogP contribution >= 0.6 is 0 Å². The molecule has 0 aliphatic heterocycles. The molecule has 10 nitrogen and oxygen atoms in total. The first-order valence-electron chi connectivity index (χ1n) is 12.9. The topological polar surface area (TPSA) is 134 Å². The molecule has 0 atom stereocenters. The first-order chi connectivity index (χ1) is 18.7. The van der Waals surface area contributed by atoms with E-state index in [-0.39, 0.29) is 30.0 Å². The molecule has 11 heteroatoms. The number of nitrogens with zero attached hydrogens (tertiary/aromatic N) is 4. The van der Waals surface area contributed by atoms with Crippen molar-refractivity contribution < 1.29 is 19.2 Å². The van der Waals surface area contributed by atoms with Crippen molar-refractivity contribution in [1.82, 2.24) is 25.0 Å². The summed E-state index contributed by atoms with van der Waals surface area (Å²) in [5, 5.41) is 14.4. The number of halogens is 1. The zero-order chi connectivity index (χ0) is 27.9. The van der Waals surface area contributed by atoms with Gasteiger partial charge in [0.1, 0.15) is 11.5 Å². The average molecular weight is 534 g/mol. The number of amides is 2. The number of anilines is 3. The number of aromatic nitrogens is 4. The Morgan fingerprint density at radius 1 is 0.974 bits per heavy atom. The van der Waals surface area contributed by atoms with Crippen LogP contribution in [0.4, 0.5) is 21.7 Å². The standard InChI is InChI=1S/C28H32FN7O3/c1-17(2)36-18(3)31-23-14-9-19(15-24(23)36)27-22(29)16-30-28(34-27)33-21-12-10-20(11-13-21)32-25(37)7-5-4-6-8-26(38)35-39/h9-17,39H,4-8H2,1-3H3,(H,32,37)(H,35,38)(H,30,33,34). The van der Waals surface area contributed by atoms with E-state index in [1.807, 2.05) is 19.1 Å². The molecule has 0 radical (unpaired) electrons. The van der Waals surface area contributed by atoms with E-state index in [9.17, 15) is 14.0 Å². The lowest BCUT2D eigenvalue weighted by molar-refractivity contribution is -0.129. The minimum Gasteiger partial charge on any atom is -0.326 e. The van der Waals surface area contributed by atoms with Gasteiger partial charge in [-0.1, -0.05) is 12.5 Å². The number of unbranched alkanes of at least 4 members (excludes halogenated alkanes) is 2. The summed E-state index contributed by atoms with van der Waals surface area (Å²) in [6.07, 6.45) is 3.65. The number of benzene rings is 2. The Labute approximate surface area is 225 Å². The normalized spacial score (nSPS) is 11.1. The lowest BCUT2D eigenvalue weighted by atomic mass is 10.1. The monoisotopic (exact) mass is 533 g/mol. The molecule has 0 aliphatic rings. The lowest BCUT2D eigenvalue weighted by Gasteiger charge is -2.12. The van der Waals surface area contributed by atoms with Crippen LogP contribution in [0.25, 0.3) is 22.3 Å². The third-order valence-electron chi connectivity index (χ3n) is 6.26. The predicted octanol–water partition coefficient (Wildman–Crippen LogP) is 5.66. The van der Waals surface area contributed by atoms with Crippen LogP contribution in [0, 0.1) is 12.7 Å². The van der Waals surface area contributed by atoms with Crippen LogP contribution in [0.2, 0.25) is 0 Å². The molecule has 204 valence electrons. The first kappa shape index (κ1) is 27.6. The quantitative estimate of drug-likeness (QED) is 0.111. The highest BCUT2D eigenvalue weighted by molar-refractivity contribution is 5.91. The molecule has 0 saturated carbocycles. The van der Waals surface area contributed by atoms with Gasteiger partial charge in [-0.3, -0.25) is 14.8 Å². The highest BCUT2D eigenvalue weighted by Gasteiger charge is 2.15. The molecular formula is C28H32FN7O3. The van der Waals surface area contributed by atoms with Gasteiger partial charge in [0.15, 0.2) is 5.82 Å². The molecule has 4 aromatic rings. The van der Waals surface area contributed by atoms with Gasteiger partial charge in [-0.15, -0.1) is 0 Å². The van der Waals surface area contributed by atoms with Crippen molar-refractivity contribution in [2.24, 2.45) is 0 Å². The van der Waals surface area contributed by atoms with E-state index in [1.54, 1.807) is 35.8 Å². The number of hydrogen-bond acceptors (Lipinski definition) is 7. The van der Waals surface area contributed by atoms with Gasteiger partial charge >= 0.3 is 0 Å². The maximum absolute atomic E-state index is 14.8. The fourth-order valence-electron chi connectivity index (χ4n) is 4.44. The maximum Gasteiger partial charge on any atom is 0.243 e. The molecule has 2 aromatic heterocycles. The average Bonchev–Trinajstić information content (AvgIpc) is 3.25. The number of fused-ring (bicyclic) bond motifs is 1. The second-order valence-corrected chi connectivity index (χ2v) is 9.56. The summed E-state index contributed by atoms with van der Waals surface area (Å²) in [7, 11) is 0. The Morgan fingerprint density at radius 3 is 2.36 bits per heavy atom. The molecule has 2 heterocycles.